The Balaban J connectivity index is 1.11. The molecular formula is C29H29F2N3O4. The number of piperidine rings is 1. The highest BCUT2D eigenvalue weighted by molar-refractivity contribution is 5.88. The zero-order chi connectivity index (χ0) is 26.0. The lowest BCUT2D eigenvalue weighted by atomic mass is 9.97. The van der Waals surface area contributed by atoms with Crippen molar-refractivity contribution < 1.29 is 27.9 Å². The highest BCUT2D eigenvalue weighted by atomic mass is 19.1. The number of hydrogen-bond acceptors (Lipinski definition) is 6. The Kier molecular flexibility index (Phi) is 5.72. The van der Waals surface area contributed by atoms with Crippen molar-refractivity contribution in [3.05, 3.63) is 64.5 Å². The molecule has 2 aliphatic carbocycles. The van der Waals surface area contributed by atoms with Crippen LogP contribution in [0.25, 0.3) is 11.3 Å². The Morgan fingerprint density at radius 1 is 1.05 bits per heavy atom. The molecule has 0 spiro atoms. The van der Waals surface area contributed by atoms with Crippen molar-refractivity contribution in [2.45, 2.75) is 88.0 Å². The number of benzene rings is 1. The minimum atomic E-state index is -0.949. The molecule has 7 rings (SSSR count). The number of anilines is 1. The molecule has 3 atom stereocenters. The van der Waals surface area contributed by atoms with Gasteiger partial charge in [0.15, 0.2) is 0 Å². The summed E-state index contributed by atoms with van der Waals surface area (Å²) in [6.45, 7) is 0.196. The number of pyridine rings is 1. The van der Waals surface area contributed by atoms with Crippen LogP contribution >= 0.6 is 0 Å². The molecular weight excluding hydrogens is 492 g/mol. The number of carboxylic acid groups (broad SMARTS) is 1. The molecule has 2 saturated carbocycles. The molecule has 0 radical (unpaired) electrons. The summed E-state index contributed by atoms with van der Waals surface area (Å²) in [5, 5.41) is 13.5. The maximum Gasteiger partial charge on any atom is 0.337 e. The first-order chi connectivity index (χ1) is 18.5. The standard InChI is InChI=1S/C29H29F2N3O4/c30-23-2-1-3-24(31)25(23)26-22(27(38-33-26)16-6-7-16)14-37-20-11-18-8-9-19(12-20)34(18)28-21(15-4-5-15)10-17(13-32-28)29(35)36/h1-3,10,13,15-16,18-20H,4-9,11-12,14H2,(H,35,36)/t18-,19+,20?. The Labute approximate surface area is 218 Å². The molecule has 2 bridgehead atoms. The molecule has 3 aromatic rings. The first kappa shape index (κ1) is 23.8. The monoisotopic (exact) mass is 521 g/mol. The van der Waals surface area contributed by atoms with E-state index in [4.69, 9.17) is 9.26 Å². The number of ether oxygens (including phenoxy) is 1. The first-order valence-electron chi connectivity index (χ1n) is 13.5. The van der Waals surface area contributed by atoms with E-state index in [2.05, 4.69) is 15.0 Å². The number of fused-ring (bicyclic) bond motifs is 2. The van der Waals surface area contributed by atoms with Crippen LogP contribution in [-0.4, -0.2) is 39.4 Å². The molecule has 38 heavy (non-hydrogen) atoms. The number of aromatic nitrogens is 2. The molecule has 2 aliphatic heterocycles. The second-order valence-electron chi connectivity index (χ2n) is 11.2. The maximum atomic E-state index is 14.6. The van der Waals surface area contributed by atoms with Gasteiger partial charge in [0.25, 0.3) is 0 Å². The van der Waals surface area contributed by atoms with Crippen molar-refractivity contribution in [2.24, 2.45) is 0 Å². The van der Waals surface area contributed by atoms with Crippen molar-refractivity contribution in [2.75, 3.05) is 4.90 Å². The molecule has 4 aliphatic rings. The van der Waals surface area contributed by atoms with Gasteiger partial charge in [-0.25, -0.2) is 18.6 Å². The molecule has 1 N–H and O–H groups in total. The second-order valence-corrected chi connectivity index (χ2v) is 11.2. The van der Waals surface area contributed by atoms with E-state index in [0.717, 1.165) is 62.7 Å². The minimum absolute atomic E-state index is 0.00770. The summed E-state index contributed by atoms with van der Waals surface area (Å²) < 4.78 is 41.2. The lowest BCUT2D eigenvalue weighted by Crippen LogP contribution is -2.46. The summed E-state index contributed by atoms with van der Waals surface area (Å²) in [5.41, 5.74) is 1.97. The van der Waals surface area contributed by atoms with Gasteiger partial charge in [0.05, 0.1) is 23.8 Å². The summed E-state index contributed by atoms with van der Waals surface area (Å²) in [4.78, 5) is 18.6. The van der Waals surface area contributed by atoms with Gasteiger partial charge in [-0.2, -0.15) is 0 Å². The van der Waals surface area contributed by atoms with Crippen LogP contribution < -0.4 is 4.90 Å². The van der Waals surface area contributed by atoms with Gasteiger partial charge in [-0.05, 0) is 81.0 Å². The van der Waals surface area contributed by atoms with Crippen molar-refractivity contribution in [3.63, 3.8) is 0 Å². The van der Waals surface area contributed by atoms with Crippen LogP contribution in [-0.2, 0) is 11.3 Å². The fourth-order valence-electron chi connectivity index (χ4n) is 6.36. The topological polar surface area (TPSA) is 88.7 Å². The van der Waals surface area contributed by atoms with Crippen molar-refractivity contribution in [1.82, 2.24) is 10.1 Å². The number of hydrogen-bond donors (Lipinski definition) is 1. The van der Waals surface area contributed by atoms with Crippen LogP contribution in [0, 0.1) is 11.6 Å². The zero-order valence-electron chi connectivity index (χ0n) is 20.9. The smallest absolute Gasteiger partial charge is 0.337 e. The van der Waals surface area contributed by atoms with E-state index in [0.29, 0.717) is 17.2 Å². The van der Waals surface area contributed by atoms with Crippen LogP contribution in [0.15, 0.2) is 35.0 Å². The predicted molar refractivity (Wildman–Crippen MR) is 134 cm³/mol. The Bertz CT molecular complexity index is 1370. The molecule has 4 fully saturated rings. The number of aromatic carboxylic acids is 1. The van der Waals surface area contributed by atoms with E-state index in [1.165, 1.54) is 24.4 Å². The highest BCUT2D eigenvalue weighted by Gasteiger charge is 2.44. The van der Waals surface area contributed by atoms with Gasteiger partial charge in [0.1, 0.15) is 28.9 Å². The number of nitrogens with zero attached hydrogens (tertiary/aromatic N) is 3. The molecule has 2 saturated heterocycles. The predicted octanol–water partition coefficient (Wildman–Crippen LogP) is 6.18. The molecule has 198 valence electrons. The second kappa shape index (κ2) is 9.15. The number of carboxylic acids is 1. The quantitative estimate of drug-likeness (QED) is 0.378. The normalized spacial score (nSPS) is 24.7. The number of rotatable bonds is 8. The van der Waals surface area contributed by atoms with E-state index < -0.39 is 17.6 Å². The largest absolute Gasteiger partial charge is 0.478 e. The molecule has 2 aromatic heterocycles. The maximum absolute atomic E-state index is 14.6. The Hall–Kier alpha value is -3.33. The van der Waals surface area contributed by atoms with E-state index in [9.17, 15) is 18.7 Å². The molecule has 0 amide bonds. The van der Waals surface area contributed by atoms with Crippen LogP contribution in [0.3, 0.4) is 0 Å². The van der Waals surface area contributed by atoms with Gasteiger partial charge in [0, 0.05) is 29.8 Å². The summed E-state index contributed by atoms with van der Waals surface area (Å²) >= 11 is 0. The first-order valence-corrected chi connectivity index (χ1v) is 13.5. The fraction of sp³-hybridized carbons (Fsp3) is 0.483. The fourth-order valence-corrected chi connectivity index (χ4v) is 6.36. The Morgan fingerprint density at radius 2 is 1.74 bits per heavy atom. The van der Waals surface area contributed by atoms with Gasteiger partial charge >= 0.3 is 5.97 Å². The summed E-state index contributed by atoms with van der Waals surface area (Å²) in [6.07, 6.45) is 9.24. The molecule has 9 heteroatoms. The van der Waals surface area contributed by atoms with E-state index in [-0.39, 0.29) is 47.5 Å². The van der Waals surface area contributed by atoms with E-state index in [1.807, 2.05) is 0 Å². The average molecular weight is 522 g/mol. The SMILES string of the molecule is O=C(O)c1cnc(N2[C@@H]3CC[C@H]2CC(OCc2c(-c4c(F)cccc4F)noc2C2CC2)C3)c(C2CC2)c1. The van der Waals surface area contributed by atoms with Gasteiger partial charge in [-0.3, -0.25) is 0 Å². The van der Waals surface area contributed by atoms with E-state index >= 15 is 0 Å². The van der Waals surface area contributed by atoms with Gasteiger partial charge in [-0.15, -0.1) is 0 Å². The zero-order valence-corrected chi connectivity index (χ0v) is 20.9. The van der Waals surface area contributed by atoms with Crippen molar-refractivity contribution >= 4 is 11.8 Å². The molecule has 7 nitrogen and oxygen atoms in total. The van der Waals surface area contributed by atoms with E-state index in [1.54, 1.807) is 6.07 Å². The van der Waals surface area contributed by atoms with Crippen LogP contribution in [0.4, 0.5) is 14.6 Å². The van der Waals surface area contributed by atoms with Crippen molar-refractivity contribution in [3.8, 4) is 11.3 Å². The molecule has 1 unspecified atom stereocenters. The third-order valence-corrected chi connectivity index (χ3v) is 8.52. The van der Waals surface area contributed by atoms with Gasteiger partial charge < -0.3 is 19.3 Å². The minimum Gasteiger partial charge on any atom is -0.478 e. The van der Waals surface area contributed by atoms with Crippen LogP contribution in [0.5, 0.6) is 0 Å². The number of carbonyl (C=O) groups is 1. The highest BCUT2D eigenvalue weighted by Crippen LogP contribution is 2.49. The lowest BCUT2D eigenvalue weighted by molar-refractivity contribution is 0.0145. The molecule has 4 heterocycles. The lowest BCUT2D eigenvalue weighted by Gasteiger charge is -2.40. The third kappa shape index (κ3) is 4.17. The van der Waals surface area contributed by atoms with Crippen molar-refractivity contribution in [1.29, 1.82) is 0 Å². The summed E-state index contributed by atoms with van der Waals surface area (Å²) in [5.74, 6) is -0.0619. The van der Waals surface area contributed by atoms with Crippen LogP contribution in [0.2, 0.25) is 0 Å². The van der Waals surface area contributed by atoms with Crippen LogP contribution in [0.1, 0.15) is 90.4 Å². The van der Waals surface area contributed by atoms with Gasteiger partial charge in [-0.1, -0.05) is 11.2 Å². The third-order valence-electron chi connectivity index (χ3n) is 8.52. The number of halogens is 2. The average Bonchev–Trinajstić information content (AvgIpc) is 3.83. The Morgan fingerprint density at radius 3 is 2.37 bits per heavy atom. The molecule has 1 aromatic carbocycles. The summed E-state index contributed by atoms with van der Waals surface area (Å²) in [6, 6.07) is 6.12. The van der Waals surface area contributed by atoms with Gasteiger partial charge in [0.2, 0.25) is 0 Å². The summed E-state index contributed by atoms with van der Waals surface area (Å²) in [7, 11) is 0.